The van der Waals surface area contributed by atoms with Crippen LogP contribution >= 0.6 is 0 Å². The highest BCUT2D eigenvalue weighted by molar-refractivity contribution is 6.01. The Kier molecular flexibility index (Phi) is 4.02. The van der Waals surface area contributed by atoms with Crippen molar-refractivity contribution in [3.63, 3.8) is 0 Å². The Morgan fingerprint density at radius 3 is 2.65 bits per heavy atom. The zero-order valence-corrected chi connectivity index (χ0v) is 13.1. The van der Waals surface area contributed by atoms with Gasteiger partial charge in [-0.25, -0.2) is 0 Å². The zero-order valence-electron chi connectivity index (χ0n) is 13.1. The number of carbonyl (C=O) groups is 2. The second kappa shape index (κ2) is 6.12. The van der Waals surface area contributed by atoms with Crippen molar-refractivity contribution < 1.29 is 14.3 Å². The van der Waals surface area contributed by atoms with Gasteiger partial charge in [0.25, 0.3) is 5.91 Å². The molecule has 23 heavy (non-hydrogen) atoms. The van der Waals surface area contributed by atoms with Gasteiger partial charge in [0.1, 0.15) is 5.75 Å². The average molecular weight is 310 g/mol. The summed E-state index contributed by atoms with van der Waals surface area (Å²) in [5.74, 6) is 0.586. The lowest BCUT2D eigenvalue weighted by Gasteiger charge is -2.15. The lowest BCUT2D eigenvalue weighted by atomic mass is 10.1. The van der Waals surface area contributed by atoms with E-state index in [0.717, 1.165) is 22.6 Å². The smallest absolute Gasteiger partial charge is 0.251 e. The fourth-order valence-electron chi connectivity index (χ4n) is 2.63. The third-order valence-electron chi connectivity index (χ3n) is 3.96. The predicted molar refractivity (Wildman–Crippen MR) is 87.7 cm³/mol. The number of methoxy groups -OCH3 is 1. The van der Waals surface area contributed by atoms with Crippen LogP contribution in [0.5, 0.6) is 5.75 Å². The Morgan fingerprint density at radius 2 is 1.96 bits per heavy atom. The van der Waals surface area contributed by atoms with Crippen molar-refractivity contribution in [2.24, 2.45) is 0 Å². The van der Waals surface area contributed by atoms with Crippen molar-refractivity contribution in [1.82, 2.24) is 5.32 Å². The first-order valence-electron chi connectivity index (χ1n) is 7.44. The maximum atomic E-state index is 12.4. The molecule has 3 rings (SSSR count). The van der Waals surface area contributed by atoms with Gasteiger partial charge in [0, 0.05) is 11.3 Å². The molecule has 118 valence electrons. The summed E-state index contributed by atoms with van der Waals surface area (Å²) < 4.78 is 5.13. The van der Waals surface area contributed by atoms with Gasteiger partial charge in [-0.05, 0) is 48.4 Å². The molecule has 0 radical (unpaired) electrons. The number of hydrogen-bond donors (Lipinski definition) is 2. The minimum atomic E-state index is -0.157. The van der Waals surface area contributed by atoms with Crippen LogP contribution in [-0.2, 0) is 11.2 Å². The Morgan fingerprint density at radius 1 is 1.22 bits per heavy atom. The van der Waals surface area contributed by atoms with Gasteiger partial charge < -0.3 is 15.4 Å². The monoisotopic (exact) mass is 310 g/mol. The molecule has 5 nitrogen and oxygen atoms in total. The van der Waals surface area contributed by atoms with Gasteiger partial charge in [-0.15, -0.1) is 0 Å². The van der Waals surface area contributed by atoms with E-state index >= 15 is 0 Å². The summed E-state index contributed by atoms with van der Waals surface area (Å²) in [4.78, 5) is 23.8. The number of rotatable bonds is 4. The van der Waals surface area contributed by atoms with E-state index in [1.54, 1.807) is 25.3 Å². The Labute approximate surface area is 134 Å². The van der Waals surface area contributed by atoms with Gasteiger partial charge in [-0.3, -0.25) is 9.59 Å². The van der Waals surface area contributed by atoms with E-state index < -0.39 is 0 Å². The molecule has 0 spiro atoms. The standard InChI is InChI=1S/C18H18N2O3/c1-11(12-3-6-15(23-2)7-4-12)19-18(22)13-5-8-16-14(9-13)10-17(21)20-16/h3-9,11H,10H2,1-2H3,(H,19,22)(H,20,21). The number of hydrogen-bond acceptors (Lipinski definition) is 3. The molecule has 0 aromatic heterocycles. The first-order valence-corrected chi connectivity index (χ1v) is 7.44. The van der Waals surface area contributed by atoms with E-state index in [4.69, 9.17) is 4.74 Å². The summed E-state index contributed by atoms with van der Waals surface area (Å²) in [6.45, 7) is 1.93. The molecule has 0 saturated carbocycles. The summed E-state index contributed by atoms with van der Waals surface area (Å²) in [7, 11) is 1.62. The molecule has 0 saturated heterocycles. The van der Waals surface area contributed by atoms with E-state index in [0.29, 0.717) is 12.0 Å². The van der Waals surface area contributed by atoms with Crippen LogP contribution in [0.25, 0.3) is 0 Å². The van der Waals surface area contributed by atoms with Gasteiger partial charge in [-0.1, -0.05) is 12.1 Å². The molecule has 0 aliphatic carbocycles. The highest BCUT2D eigenvalue weighted by atomic mass is 16.5. The number of carbonyl (C=O) groups excluding carboxylic acids is 2. The van der Waals surface area contributed by atoms with Gasteiger partial charge in [0.2, 0.25) is 5.91 Å². The van der Waals surface area contributed by atoms with E-state index in [1.165, 1.54) is 0 Å². The molecule has 1 atom stereocenters. The summed E-state index contributed by atoms with van der Waals surface area (Å²) >= 11 is 0. The number of fused-ring (bicyclic) bond motifs is 1. The van der Waals surface area contributed by atoms with Crippen molar-refractivity contribution in [2.45, 2.75) is 19.4 Å². The van der Waals surface area contributed by atoms with Crippen LogP contribution in [0.1, 0.15) is 34.5 Å². The number of amides is 2. The second-order valence-corrected chi connectivity index (χ2v) is 5.57. The summed E-state index contributed by atoms with van der Waals surface area (Å²) in [5, 5.41) is 5.73. The Hall–Kier alpha value is -2.82. The molecule has 1 aliphatic rings. The maximum Gasteiger partial charge on any atom is 0.251 e. The van der Waals surface area contributed by atoms with Gasteiger partial charge in [0.05, 0.1) is 19.6 Å². The van der Waals surface area contributed by atoms with Crippen LogP contribution in [0.3, 0.4) is 0 Å². The SMILES string of the molecule is COc1ccc(C(C)NC(=O)c2ccc3c(c2)CC(=O)N3)cc1. The zero-order chi connectivity index (χ0) is 16.4. The number of ether oxygens (including phenoxy) is 1. The number of benzene rings is 2. The molecule has 1 unspecified atom stereocenters. The lowest BCUT2D eigenvalue weighted by molar-refractivity contribution is -0.115. The van der Waals surface area contributed by atoms with E-state index in [1.807, 2.05) is 31.2 Å². The molecular formula is C18H18N2O3. The number of anilines is 1. The molecule has 1 heterocycles. The lowest BCUT2D eigenvalue weighted by Crippen LogP contribution is -2.26. The second-order valence-electron chi connectivity index (χ2n) is 5.57. The van der Waals surface area contributed by atoms with Crippen molar-refractivity contribution >= 4 is 17.5 Å². The minimum Gasteiger partial charge on any atom is -0.497 e. The van der Waals surface area contributed by atoms with Crippen molar-refractivity contribution in [1.29, 1.82) is 0 Å². The molecule has 1 aliphatic heterocycles. The van der Waals surface area contributed by atoms with Crippen molar-refractivity contribution in [3.05, 3.63) is 59.2 Å². The third-order valence-corrected chi connectivity index (χ3v) is 3.96. The molecule has 2 amide bonds. The molecule has 2 aromatic carbocycles. The van der Waals surface area contributed by atoms with Crippen molar-refractivity contribution in [3.8, 4) is 5.75 Å². The normalized spacial score (nSPS) is 13.9. The van der Waals surface area contributed by atoms with Gasteiger partial charge in [-0.2, -0.15) is 0 Å². The van der Waals surface area contributed by atoms with Crippen LogP contribution in [0, 0.1) is 0 Å². The largest absolute Gasteiger partial charge is 0.497 e. The fraction of sp³-hybridized carbons (Fsp3) is 0.222. The maximum absolute atomic E-state index is 12.4. The first kappa shape index (κ1) is 15.1. The van der Waals surface area contributed by atoms with Gasteiger partial charge in [0.15, 0.2) is 0 Å². The number of nitrogens with one attached hydrogen (secondary N) is 2. The third kappa shape index (κ3) is 3.18. The highest BCUT2D eigenvalue weighted by Gasteiger charge is 2.19. The minimum absolute atomic E-state index is 0.0378. The van der Waals surface area contributed by atoms with Crippen LogP contribution in [-0.4, -0.2) is 18.9 Å². The van der Waals surface area contributed by atoms with Crippen molar-refractivity contribution in [2.75, 3.05) is 12.4 Å². The summed E-state index contributed by atoms with van der Waals surface area (Å²) in [6.07, 6.45) is 0.324. The molecule has 0 fully saturated rings. The van der Waals surface area contributed by atoms with E-state index in [-0.39, 0.29) is 17.9 Å². The van der Waals surface area contributed by atoms with Gasteiger partial charge >= 0.3 is 0 Å². The molecular weight excluding hydrogens is 292 g/mol. The summed E-state index contributed by atoms with van der Waals surface area (Å²) in [6, 6.07) is 12.7. The quantitative estimate of drug-likeness (QED) is 0.912. The molecule has 2 N–H and O–H groups in total. The molecule has 0 bridgehead atoms. The average Bonchev–Trinajstić information content (AvgIpc) is 2.93. The van der Waals surface area contributed by atoms with E-state index in [9.17, 15) is 9.59 Å². The fourth-order valence-corrected chi connectivity index (χ4v) is 2.63. The topological polar surface area (TPSA) is 67.4 Å². The van der Waals surface area contributed by atoms with Crippen LogP contribution < -0.4 is 15.4 Å². The Bertz CT molecular complexity index is 753. The van der Waals surface area contributed by atoms with Crippen LogP contribution in [0.4, 0.5) is 5.69 Å². The predicted octanol–water partition coefficient (Wildman–Crippen LogP) is 2.68. The molecule has 2 aromatic rings. The summed E-state index contributed by atoms with van der Waals surface area (Å²) in [5.41, 5.74) is 3.20. The van der Waals surface area contributed by atoms with Crippen LogP contribution in [0.2, 0.25) is 0 Å². The Balaban J connectivity index is 1.71. The first-order chi connectivity index (χ1) is 11.1. The highest BCUT2D eigenvalue weighted by Crippen LogP contribution is 2.24. The van der Waals surface area contributed by atoms with E-state index in [2.05, 4.69) is 10.6 Å². The molecule has 5 heteroatoms. The van der Waals surface area contributed by atoms with Crippen LogP contribution in [0.15, 0.2) is 42.5 Å².